The quantitative estimate of drug-likeness (QED) is 0.665. The van der Waals surface area contributed by atoms with Crippen LogP contribution in [0.15, 0.2) is 36.4 Å². The Balaban J connectivity index is 1.38. The summed E-state index contributed by atoms with van der Waals surface area (Å²) in [5, 5.41) is 3.27. The first kappa shape index (κ1) is 22.7. The normalized spacial score (nSPS) is 17.5. The highest BCUT2D eigenvalue weighted by molar-refractivity contribution is 5.82. The van der Waals surface area contributed by atoms with Crippen molar-refractivity contribution in [1.82, 2.24) is 10.2 Å². The van der Waals surface area contributed by atoms with Gasteiger partial charge in [-0.05, 0) is 75.4 Å². The molecule has 5 heteroatoms. The molecule has 0 atom stereocenters. The second kappa shape index (κ2) is 9.53. The molecule has 1 N–H and O–H groups in total. The van der Waals surface area contributed by atoms with Crippen LogP contribution in [0.25, 0.3) is 0 Å². The molecule has 2 aromatic rings. The molecule has 2 aromatic carbocycles. The van der Waals surface area contributed by atoms with Gasteiger partial charge in [-0.1, -0.05) is 49.2 Å². The SMILES string of the molecule is Cc1cc(C)cc(CNC(=O)C2(CC(C)C)CCN(Cc3ccc4c(c3)OCO4)CC2)c1. The lowest BCUT2D eigenvalue weighted by atomic mass is 9.72. The standard InChI is InChI=1S/C27H36N2O3/c1-19(2)15-27(26(30)28-16-23-12-20(3)11-21(4)13-23)7-9-29(10-8-27)17-22-5-6-24-25(14-22)32-18-31-24/h5-6,11-14,19H,7-10,15-18H2,1-4H3,(H,28,30). The highest BCUT2D eigenvalue weighted by Crippen LogP contribution is 2.39. The van der Waals surface area contributed by atoms with E-state index in [0.29, 0.717) is 19.3 Å². The Morgan fingerprint density at radius 2 is 1.69 bits per heavy atom. The average Bonchev–Trinajstić information content (AvgIpc) is 3.20. The number of aryl methyl sites for hydroxylation is 2. The molecule has 5 nitrogen and oxygen atoms in total. The van der Waals surface area contributed by atoms with E-state index in [4.69, 9.17) is 9.47 Å². The van der Waals surface area contributed by atoms with Crippen molar-refractivity contribution in [3.8, 4) is 11.5 Å². The number of fused-ring (bicyclic) bond motifs is 1. The molecular formula is C27H36N2O3. The predicted octanol–water partition coefficient (Wildman–Crippen LogP) is 4.98. The maximum atomic E-state index is 13.4. The van der Waals surface area contributed by atoms with Crippen molar-refractivity contribution in [2.24, 2.45) is 11.3 Å². The molecule has 1 amide bonds. The van der Waals surface area contributed by atoms with Crippen molar-refractivity contribution in [3.05, 3.63) is 58.7 Å². The molecule has 1 fully saturated rings. The van der Waals surface area contributed by atoms with Gasteiger partial charge in [-0.3, -0.25) is 9.69 Å². The fraction of sp³-hybridized carbons (Fsp3) is 0.519. The molecule has 2 heterocycles. The van der Waals surface area contributed by atoms with E-state index < -0.39 is 0 Å². The van der Waals surface area contributed by atoms with E-state index in [0.717, 1.165) is 50.4 Å². The maximum Gasteiger partial charge on any atom is 0.231 e. The lowest BCUT2D eigenvalue weighted by Gasteiger charge is -2.41. The summed E-state index contributed by atoms with van der Waals surface area (Å²) in [5.74, 6) is 2.36. The predicted molar refractivity (Wildman–Crippen MR) is 127 cm³/mol. The second-order valence-electron chi connectivity index (χ2n) is 10.0. The van der Waals surface area contributed by atoms with Crippen molar-refractivity contribution in [2.45, 2.75) is 60.0 Å². The third-order valence-electron chi connectivity index (χ3n) is 6.67. The molecular weight excluding hydrogens is 400 g/mol. The summed E-state index contributed by atoms with van der Waals surface area (Å²) in [5.41, 5.74) is 4.60. The zero-order valence-corrected chi connectivity index (χ0v) is 19.9. The number of ether oxygens (including phenoxy) is 2. The largest absolute Gasteiger partial charge is 0.454 e. The van der Waals surface area contributed by atoms with Gasteiger partial charge in [0.15, 0.2) is 11.5 Å². The summed E-state index contributed by atoms with van der Waals surface area (Å²) in [6.45, 7) is 12.3. The molecule has 0 bridgehead atoms. The van der Waals surface area contributed by atoms with E-state index in [1.165, 1.54) is 22.3 Å². The van der Waals surface area contributed by atoms with Crippen LogP contribution >= 0.6 is 0 Å². The van der Waals surface area contributed by atoms with Gasteiger partial charge >= 0.3 is 0 Å². The number of piperidine rings is 1. The third-order valence-corrected chi connectivity index (χ3v) is 6.67. The van der Waals surface area contributed by atoms with Crippen LogP contribution in [0.2, 0.25) is 0 Å². The zero-order valence-electron chi connectivity index (χ0n) is 19.9. The number of carbonyl (C=O) groups excluding carboxylic acids is 1. The van der Waals surface area contributed by atoms with Crippen LogP contribution in [0.3, 0.4) is 0 Å². The zero-order chi connectivity index (χ0) is 22.7. The van der Waals surface area contributed by atoms with Gasteiger partial charge in [0, 0.05) is 13.1 Å². The number of benzene rings is 2. The van der Waals surface area contributed by atoms with E-state index in [1.54, 1.807) is 0 Å². The van der Waals surface area contributed by atoms with E-state index in [2.05, 4.69) is 68.2 Å². The Hall–Kier alpha value is -2.53. The summed E-state index contributed by atoms with van der Waals surface area (Å²) < 4.78 is 10.9. The van der Waals surface area contributed by atoms with Crippen molar-refractivity contribution >= 4 is 5.91 Å². The minimum Gasteiger partial charge on any atom is -0.454 e. The number of hydrogen-bond donors (Lipinski definition) is 1. The molecule has 2 aliphatic heterocycles. The maximum absolute atomic E-state index is 13.4. The molecule has 1 saturated heterocycles. The Labute approximate surface area is 192 Å². The van der Waals surface area contributed by atoms with Crippen LogP contribution in [-0.2, 0) is 17.9 Å². The molecule has 0 spiro atoms. The summed E-state index contributed by atoms with van der Waals surface area (Å²) in [7, 11) is 0. The molecule has 0 radical (unpaired) electrons. The topological polar surface area (TPSA) is 50.8 Å². The van der Waals surface area contributed by atoms with Crippen LogP contribution < -0.4 is 14.8 Å². The minimum atomic E-state index is -0.279. The molecule has 0 unspecified atom stereocenters. The number of hydrogen-bond acceptors (Lipinski definition) is 4. The van der Waals surface area contributed by atoms with Crippen molar-refractivity contribution in [2.75, 3.05) is 19.9 Å². The van der Waals surface area contributed by atoms with Crippen molar-refractivity contribution in [3.63, 3.8) is 0 Å². The average molecular weight is 437 g/mol. The molecule has 2 aliphatic rings. The van der Waals surface area contributed by atoms with Crippen molar-refractivity contribution < 1.29 is 14.3 Å². The summed E-state index contributed by atoms with van der Waals surface area (Å²) in [6.07, 6.45) is 2.73. The summed E-state index contributed by atoms with van der Waals surface area (Å²) in [4.78, 5) is 15.9. The lowest BCUT2D eigenvalue weighted by Crippen LogP contribution is -2.49. The van der Waals surface area contributed by atoms with Crippen LogP contribution in [0.1, 0.15) is 55.4 Å². The Kier molecular flexibility index (Phi) is 6.75. The Morgan fingerprint density at radius 3 is 2.38 bits per heavy atom. The Bertz CT molecular complexity index is 941. The van der Waals surface area contributed by atoms with Crippen LogP contribution in [-0.4, -0.2) is 30.7 Å². The summed E-state index contributed by atoms with van der Waals surface area (Å²) in [6, 6.07) is 12.7. The number of nitrogens with zero attached hydrogens (tertiary/aromatic N) is 1. The van der Waals surface area contributed by atoms with E-state index in [-0.39, 0.29) is 11.3 Å². The third kappa shape index (κ3) is 5.26. The van der Waals surface area contributed by atoms with Gasteiger partial charge in [0.25, 0.3) is 0 Å². The first-order chi connectivity index (χ1) is 15.3. The number of likely N-dealkylation sites (tertiary alicyclic amines) is 1. The lowest BCUT2D eigenvalue weighted by molar-refractivity contribution is -0.135. The van der Waals surface area contributed by atoms with E-state index >= 15 is 0 Å². The molecule has 0 saturated carbocycles. The highest BCUT2D eigenvalue weighted by Gasteiger charge is 2.41. The number of amides is 1. The van der Waals surface area contributed by atoms with Gasteiger partial charge in [-0.25, -0.2) is 0 Å². The second-order valence-corrected chi connectivity index (χ2v) is 10.0. The number of rotatable bonds is 7. The first-order valence-electron chi connectivity index (χ1n) is 11.8. The monoisotopic (exact) mass is 436 g/mol. The van der Waals surface area contributed by atoms with Crippen LogP contribution in [0.4, 0.5) is 0 Å². The molecule has 0 aliphatic carbocycles. The van der Waals surface area contributed by atoms with Gasteiger partial charge in [0.05, 0.1) is 5.41 Å². The molecule has 172 valence electrons. The minimum absolute atomic E-state index is 0.216. The fourth-order valence-corrected chi connectivity index (χ4v) is 5.28. The number of carbonyl (C=O) groups is 1. The van der Waals surface area contributed by atoms with Crippen molar-refractivity contribution in [1.29, 1.82) is 0 Å². The van der Waals surface area contributed by atoms with E-state index in [1.807, 2.05) is 6.07 Å². The van der Waals surface area contributed by atoms with Gasteiger partial charge in [-0.2, -0.15) is 0 Å². The number of nitrogens with one attached hydrogen (secondary N) is 1. The van der Waals surface area contributed by atoms with Crippen LogP contribution in [0.5, 0.6) is 11.5 Å². The highest BCUT2D eigenvalue weighted by atomic mass is 16.7. The van der Waals surface area contributed by atoms with Gasteiger partial charge < -0.3 is 14.8 Å². The fourth-order valence-electron chi connectivity index (χ4n) is 5.28. The van der Waals surface area contributed by atoms with E-state index in [9.17, 15) is 4.79 Å². The summed E-state index contributed by atoms with van der Waals surface area (Å²) >= 11 is 0. The van der Waals surface area contributed by atoms with Gasteiger partial charge in [0.2, 0.25) is 12.7 Å². The van der Waals surface area contributed by atoms with Gasteiger partial charge in [-0.15, -0.1) is 0 Å². The first-order valence-corrected chi connectivity index (χ1v) is 11.8. The van der Waals surface area contributed by atoms with Gasteiger partial charge in [0.1, 0.15) is 0 Å². The smallest absolute Gasteiger partial charge is 0.231 e. The molecule has 32 heavy (non-hydrogen) atoms. The molecule has 0 aromatic heterocycles. The Morgan fingerprint density at radius 1 is 1.00 bits per heavy atom. The van der Waals surface area contributed by atoms with Crippen LogP contribution in [0, 0.1) is 25.2 Å². The molecule has 4 rings (SSSR count).